The zero-order chi connectivity index (χ0) is 26.4. The molecule has 4 fully saturated rings. The molecule has 4 aliphatic rings. The molecule has 206 valence electrons. The van der Waals surface area contributed by atoms with Crippen LogP contribution in [0.1, 0.15) is 116 Å². The van der Waals surface area contributed by atoms with Crippen LogP contribution >= 0.6 is 15.9 Å². The Kier molecular flexibility index (Phi) is 8.22. The summed E-state index contributed by atoms with van der Waals surface area (Å²) >= 11 is 4.29. The lowest BCUT2D eigenvalue weighted by Gasteiger charge is -2.62. The summed E-state index contributed by atoms with van der Waals surface area (Å²) in [5.74, 6) is 5.61. The number of fused-ring (bicyclic) bond motifs is 5. The summed E-state index contributed by atoms with van der Waals surface area (Å²) < 4.78 is 6.06. The van der Waals surface area contributed by atoms with Gasteiger partial charge in [-0.3, -0.25) is 0 Å². The van der Waals surface area contributed by atoms with Gasteiger partial charge in [0.25, 0.3) is 0 Å². The van der Waals surface area contributed by atoms with Gasteiger partial charge in [0.15, 0.2) is 0 Å². The zero-order valence-corrected chi connectivity index (χ0v) is 25.6. The third-order valence-corrected chi connectivity index (χ3v) is 13.1. The first-order chi connectivity index (χ1) is 17.6. The number of benzene rings is 1. The maximum atomic E-state index is 12.8. The molecule has 4 aliphatic carbocycles. The number of rotatable bonds is 7. The van der Waals surface area contributed by atoms with Crippen molar-refractivity contribution in [2.24, 2.45) is 52.3 Å². The molecule has 0 aliphatic heterocycles. The van der Waals surface area contributed by atoms with Crippen molar-refractivity contribution in [2.75, 3.05) is 0 Å². The van der Waals surface area contributed by atoms with Crippen molar-refractivity contribution in [3.05, 3.63) is 35.9 Å². The topological polar surface area (TPSA) is 26.3 Å². The SMILES string of the molecule is CC(C)CCC[C@@H](C)[C@@H]1CC[C@@H]2[C@H]3[C@H](Br)C[C@H]4C[C@@H](OC(=O)c5ccccc5)CC[C@@]4(C)[C@H]3CC[C@@]21C. The third kappa shape index (κ3) is 5.21. The highest BCUT2D eigenvalue weighted by molar-refractivity contribution is 9.09. The van der Waals surface area contributed by atoms with E-state index in [0.717, 1.165) is 48.3 Å². The molecule has 0 radical (unpaired) electrons. The number of esters is 1. The Bertz CT molecular complexity index is 929. The van der Waals surface area contributed by atoms with Crippen LogP contribution in [0.5, 0.6) is 0 Å². The summed E-state index contributed by atoms with van der Waals surface area (Å²) in [6, 6.07) is 9.53. The van der Waals surface area contributed by atoms with E-state index in [-0.39, 0.29) is 12.1 Å². The number of hydrogen-bond donors (Lipinski definition) is 0. The molecule has 10 atom stereocenters. The van der Waals surface area contributed by atoms with Crippen LogP contribution in [0.4, 0.5) is 0 Å². The van der Waals surface area contributed by atoms with Crippen molar-refractivity contribution in [1.29, 1.82) is 0 Å². The maximum Gasteiger partial charge on any atom is 0.338 e. The van der Waals surface area contributed by atoms with E-state index in [1.54, 1.807) is 0 Å². The monoisotopic (exact) mass is 570 g/mol. The van der Waals surface area contributed by atoms with Gasteiger partial charge in [-0.1, -0.05) is 88.0 Å². The van der Waals surface area contributed by atoms with Gasteiger partial charge >= 0.3 is 5.97 Å². The Morgan fingerprint density at radius 1 is 0.946 bits per heavy atom. The fourth-order valence-corrected chi connectivity index (χ4v) is 11.2. The Morgan fingerprint density at radius 3 is 2.38 bits per heavy atom. The van der Waals surface area contributed by atoms with Crippen LogP contribution in [-0.2, 0) is 4.74 Å². The third-order valence-electron chi connectivity index (χ3n) is 12.1. The van der Waals surface area contributed by atoms with E-state index >= 15 is 0 Å². The lowest BCUT2D eigenvalue weighted by Crippen LogP contribution is -2.57. The largest absolute Gasteiger partial charge is 0.459 e. The molecule has 0 bridgehead atoms. The average Bonchev–Trinajstić information content (AvgIpc) is 3.22. The molecular formula is C34H51BrO2. The van der Waals surface area contributed by atoms with Crippen LogP contribution in [0.2, 0.25) is 0 Å². The predicted molar refractivity (Wildman–Crippen MR) is 157 cm³/mol. The Morgan fingerprint density at radius 2 is 1.65 bits per heavy atom. The summed E-state index contributed by atoms with van der Waals surface area (Å²) in [7, 11) is 0. The standard InChI is InChI=1S/C34H51BrO2/c1-22(2)10-9-11-23(3)27-14-15-28-31-29(17-19-34(27,28)5)33(4)18-16-26(20-25(33)21-30(31)35)37-32(36)24-12-7-6-8-13-24/h6-8,12-13,22-23,25-31H,9-11,14-21H2,1-5H3/t23-,25-,26+,27+,28-,29+,30-,31-,33-,34-/m1/s1. The van der Waals surface area contributed by atoms with Gasteiger partial charge in [0.05, 0.1) is 5.56 Å². The minimum absolute atomic E-state index is 0.0680. The molecule has 4 saturated carbocycles. The summed E-state index contributed by atoms with van der Waals surface area (Å²) in [6.07, 6.45) is 14.5. The van der Waals surface area contributed by atoms with Crippen molar-refractivity contribution >= 4 is 21.9 Å². The van der Waals surface area contributed by atoms with E-state index in [1.807, 2.05) is 30.3 Å². The van der Waals surface area contributed by atoms with Gasteiger partial charge in [-0.25, -0.2) is 4.79 Å². The lowest BCUT2D eigenvalue weighted by atomic mass is 9.44. The number of halogens is 1. The Hall–Kier alpha value is -0.830. The minimum atomic E-state index is -0.147. The fraction of sp³-hybridized carbons (Fsp3) is 0.794. The van der Waals surface area contributed by atoms with E-state index in [4.69, 9.17) is 4.74 Å². The van der Waals surface area contributed by atoms with E-state index in [1.165, 1.54) is 57.8 Å². The molecule has 0 unspecified atom stereocenters. The predicted octanol–water partition coefficient (Wildman–Crippen LogP) is 9.71. The van der Waals surface area contributed by atoms with Crippen LogP contribution in [0, 0.1) is 52.3 Å². The van der Waals surface area contributed by atoms with Gasteiger partial charge in [-0.05, 0) is 116 Å². The quantitative estimate of drug-likeness (QED) is 0.241. The van der Waals surface area contributed by atoms with Gasteiger partial charge in [0.1, 0.15) is 6.10 Å². The molecule has 37 heavy (non-hydrogen) atoms. The van der Waals surface area contributed by atoms with Gasteiger partial charge in [0, 0.05) is 4.83 Å². The normalized spacial score (nSPS) is 42.0. The lowest BCUT2D eigenvalue weighted by molar-refractivity contribution is -0.126. The first-order valence-corrected chi connectivity index (χ1v) is 16.4. The van der Waals surface area contributed by atoms with Crippen molar-refractivity contribution in [2.45, 2.75) is 116 Å². The molecule has 0 N–H and O–H groups in total. The van der Waals surface area contributed by atoms with Crippen LogP contribution < -0.4 is 0 Å². The summed E-state index contributed by atoms with van der Waals surface area (Å²) in [5, 5.41) is 0. The molecular weight excluding hydrogens is 520 g/mol. The second kappa shape index (κ2) is 11.0. The van der Waals surface area contributed by atoms with Crippen LogP contribution in [0.3, 0.4) is 0 Å². The zero-order valence-electron chi connectivity index (χ0n) is 24.1. The van der Waals surface area contributed by atoms with Crippen molar-refractivity contribution in [3.8, 4) is 0 Å². The molecule has 0 saturated heterocycles. The molecule has 0 aromatic heterocycles. The highest BCUT2D eigenvalue weighted by Gasteiger charge is 2.62. The van der Waals surface area contributed by atoms with Gasteiger partial charge < -0.3 is 4.74 Å². The number of hydrogen-bond acceptors (Lipinski definition) is 2. The molecule has 3 heteroatoms. The van der Waals surface area contributed by atoms with Gasteiger partial charge in [-0.2, -0.15) is 0 Å². The molecule has 5 rings (SSSR count). The fourth-order valence-electron chi connectivity index (χ4n) is 10.1. The van der Waals surface area contributed by atoms with Crippen molar-refractivity contribution in [1.82, 2.24) is 0 Å². The number of carbonyl (C=O) groups excluding carboxylic acids is 1. The minimum Gasteiger partial charge on any atom is -0.459 e. The van der Waals surface area contributed by atoms with Crippen molar-refractivity contribution in [3.63, 3.8) is 0 Å². The van der Waals surface area contributed by atoms with Gasteiger partial charge in [-0.15, -0.1) is 0 Å². The molecule has 2 nitrogen and oxygen atoms in total. The van der Waals surface area contributed by atoms with Gasteiger partial charge in [0.2, 0.25) is 0 Å². The Labute approximate surface area is 235 Å². The highest BCUT2D eigenvalue weighted by atomic mass is 79.9. The average molecular weight is 572 g/mol. The number of ether oxygens (including phenoxy) is 1. The van der Waals surface area contributed by atoms with E-state index in [0.29, 0.717) is 27.1 Å². The maximum absolute atomic E-state index is 12.8. The first-order valence-electron chi connectivity index (χ1n) is 15.5. The molecule has 0 spiro atoms. The molecule has 0 amide bonds. The molecule has 0 heterocycles. The summed E-state index contributed by atoms with van der Waals surface area (Å²) in [5.41, 5.74) is 1.60. The second-order valence-corrected chi connectivity index (χ2v) is 15.6. The number of carbonyl (C=O) groups is 1. The van der Waals surface area contributed by atoms with E-state index < -0.39 is 0 Å². The molecule has 1 aromatic rings. The number of alkyl halides is 1. The van der Waals surface area contributed by atoms with Crippen LogP contribution in [-0.4, -0.2) is 16.9 Å². The van der Waals surface area contributed by atoms with E-state index in [9.17, 15) is 4.79 Å². The highest BCUT2D eigenvalue weighted by Crippen LogP contribution is 2.69. The molecule has 1 aromatic carbocycles. The first kappa shape index (κ1) is 27.7. The van der Waals surface area contributed by atoms with Crippen LogP contribution in [0.25, 0.3) is 0 Å². The summed E-state index contributed by atoms with van der Waals surface area (Å²) in [4.78, 5) is 13.4. The Balaban J connectivity index is 1.26. The van der Waals surface area contributed by atoms with E-state index in [2.05, 4.69) is 50.5 Å². The summed E-state index contributed by atoms with van der Waals surface area (Å²) in [6.45, 7) is 12.6. The second-order valence-electron chi connectivity index (χ2n) is 14.4. The van der Waals surface area contributed by atoms with Crippen molar-refractivity contribution < 1.29 is 9.53 Å². The smallest absolute Gasteiger partial charge is 0.338 e. The van der Waals surface area contributed by atoms with Crippen LogP contribution in [0.15, 0.2) is 30.3 Å².